The Labute approximate surface area is 205 Å². The number of aromatic nitrogens is 2. The third-order valence-corrected chi connectivity index (χ3v) is 7.95. The number of aryl methyl sites for hydroxylation is 1. The third-order valence-electron chi connectivity index (χ3n) is 6.77. The summed E-state index contributed by atoms with van der Waals surface area (Å²) in [6.07, 6.45) is 7.00. The van der Waals surface area contributed by atoms with E-state index in [1.165, 1.54) is 10.4 Å². The van der Waals surface area contributed by atoms with Crippen LogP contribution in [0.1, 0.15) is 75.7 Å². The second-order valence-electron chi connectivity index (χ2n) is 10.3. The van der Waals surface area contributed by atoms with Gasteiger partial charge in [0.05, 0.1) is 11.5 Å². The van der Waals surface area contributed by atoms with Crippen molar-refractivity contribution < 1.29 is 19.0 Å². The van der Waals surface area contributed by atoms with E-state index in [9.17, 15) is 10.1 Å². The average molecular weight is 487 g/mol. The van der Waals surface area contributed by atoms with Crippen molar-refractivity contribution in [3.63, 3.8) is 0 Å². The van der Waals surface area contributed by atoms with Gasteiger partial charge in [0, 0.05) is 25.1 Å². The Morgan fingerprint density at radius 2 is 2.00 bits per heavy atom. The molecule has 8 nitrogen and oxygen atoms in total. The Morgan fingerprint density at radius 1 is 1.26 bits per heavy atom. The van der Waals surface area contributed by atoms with Crippen LogP contribution in [0.15, 0.2) is 6.33 Å². The van der Waals surface area contributed by atoms with Gasteiger partial charge in [-0.05, 0) is 77.2 Å². The van der Waals surface area contributed by atoms with E-state index in [1.807, 2.05) is 27.8 Å². The van der Waals surface area contributed by atoms with Crippen LogP contribution >= 0.6 is 11.3 Å². The van der Waals surface area contributed by atoms with Gasteiger partial charge in [0.1, 0.15) is 29.0 Å². The number of hydrogen-bond acceptors (Lipinski definition) is 8. The Morgan fingerprint density at radius 3 is 2.65 bits per heavy atom. The predicted molar refractivity (Wildman–Crippen MR) is 130 cm³/mol. The number of methoxy groups -OCH3 is 1. The van der Waals surface area contributed by atoms with Gasteiger partial charge in [-0.1, -0.05) is 0 Å². The lowest BCUT2D eigenvalue weighted by Crippen LogP contribution is -2.43. The van der Waals surface area contributed by atoms with E-state index >= 15 is 0 Å². The number of rotatable bonds is 6. The van der Waals surface area contributed by atoms with E-state index in [2.05, 4.69) is 16.0 Å². The van der Waals surface area contributed by atoms with Gasteiger partial charge in [-0.25, -0.2) is 14.8 Å². The Balaban J connectivity index is 1.45. The molecule has 0 N–H and O–H groups in total. The fraction of sp³-hybridized carbons (Fsp3) is 0.680. The number of hydrogen-bond donors (Lipinski definition) is 0. The van der Waals surface area contributed by atoms with Crippen LogP contribution in [0.2, 0.25) is 0 Å². The second kappa shape index (κ2) is 10.0. The normalized spacial score (nSPS) is 23.2. The summed E-state index contributed by atoms with van der Waals surface area (Å²) in [5.41, 5.74) is 0.741. The minimum Gasteiger partial charge on any atom is -0.474 e. The van der Waals surface area contributed by atoms with Crippen LogP contribution in [0.25, 0.3) is 10.2 Å². The fourth-order valence-corrected chi connectivity index (χ4v) is 6.25. The minimum absolute atomic E-state index is 0.0441. The number of carbonyl (C=O) groups excluding carboxylic acids is 1. The monoisotopic (exact) mass is 486 g/mol. The van der Waals surface area contributed by atoms with Crippen molar-refractivity contribution in [3.05, 3.63) is 16.8 Å². The first-order valence-electron chi connectivity index (χ1n) is 12.0. The molecule has 0 aromatic carbocycles. The molecule has 184 valence electrons. The largest absolute Gasteiger partial charge is 0.474 e. The topological polar surface area (TPSA) is 97.6 Å². The number of carbonyl (C=O) groups is 1. The lowest BCUT2D eigenvalue weighted by atomic mass is 9.92. The molecule has 0 spiro atoms. The highest BCUT2D eigenvalue weighted by atomic mass is 32.1. The van der Waals surface area contributed by atoms with Crippen LogP contribution in [0, 0.1) is 11.3 Å². The number of amides is 1. The second-order valence-corrected chi connectivity index (χ2v) is 11.3. The van der Waals surface area contributed by atoms with Crippen molar-refractivity contribution in [1.29, 1.82) is 5.26 Å². The molecule has 2 atom stereocenters. The molecule has 2 aromatic heterocycles. The van der Waals surface area contributed by atoms with Crippen LogP contribution in [-0.2, 0) is 15.9 Å². The van der Waals surface area contributed by atoms with Crippen molar-refractivity contribution in [2.24, 2.45) is 0 Å². The average Bonchev–Trinajstić information content (AvgIpc) is 3.36. The Kier molecular flexibility index (Phi) is 7.29. The molecule has 2 aliphatic rings. The number of fused-ring (bicyclic) bond motifs is 3. The van der Waals surface area contributed by atoms with Gasteiger partial charge in [-0.15, -0.1) is 11.3 Å². The molecule has 0 aliphatic heterocycles. The van der Waals surface area contributed by atoms with Gasteiger partial charge in [0.2, 0.25) is 5.88 Å². The van der Waals surface area contributed by atoms with Crippen molar-refractivity contribution in [2.45, 2.75) is 95.5 Å². The maximum atomic E-state index is 12.4. The van der Waals surface area contributed by atoms with E-state index in [1.54, 1.807) is 29.7 Å². The zero-order chi connectivity index (χ0) is 24.5. The number of thiophene rings is 1. The summed E-state index contributed by atoms with van der Waals surface area (Å²) in [5.74, 6) is 0.893. The fourth-order valence-electron chi connectivity index (χ4n) is 5.02. The summed E-state index contributed by atoms with van der Waals surface area (Å²) in [4.78, 5) is 25.5. The van der Waals surface area contributed by atoms with Crippen LogP contribution in [0.5, 0.6) is 5.88 Å². The summed E-state index contributed by atoms with van der Waals surface area (Å²) >= 11 is 1.71. The lowest BCUT2D eigenvalue weighted by Gasteiger charge is -2.35. The van der Waals surface area contributed by atoms with E-state index in [0.717, 1.165) is 48.7 Å². The maximum absolute atomic E-state index is 12.4. The zero-order valence-corrected chi connectivity index (χ0v) is 21.5. The molecule has 1 saturated carbocycles. The molecule has 4 rings (SSSR count). The third kappa shape index (κ3) is 5.28. The summed E-state index contributed by atoms with van der Waals surface area (Å²) < 4.78 is 17.3. The van der Waals surface area contributed by atoms with Crippen LogP contribution < -0.4 is 4.74 Å². The molecule has 1 unspecified atom stereocenters. The van der Waals surface area contributed by atoms with Crippen LogP contribution in [0.3, 0.4) is 0 Å². The highest BCUT2D eigenvalue weighted by molar-refractivity contribution is 7.19. The smallest absolute Gasteiger partial charge is 0.410 e. The molecular weight excluding hydrogens is 452 g/mol. The highest BCUT2D eigenvalue weighted by Crippen LogP contribution is 2.48. The molecule has 0 bridgehead atoms. The van der Waals surface area contributed by atoms with E-state index < -0.39 is 11.7 Å². The van der Waals surface area contributed by atoms with Gasteiger partial charge >= 0.3 is 6.09 Å². The van der Waals surface area contributed by atoms with Crippen molar-refractivity contribution in [1.82, 2.24) is 14.9 Å². The number of nitrogens with zero attached hydrogens (tertiary/aromatic N) is 4. The summed E-state index contributed by atoms with van der Waals surface area (Å²) in [6, 6.07) is 2.39. The van der Waals surface area contributed by atoms with Gasteiger partial charge in [0.15, 0.2) is 0 Å². The predicted octanol–water partition coefficient (Wildman–Crippen LogP) is 5.21. The van der Waals surface area contributed by atoms with Crippen molar-refractivity contribution >= 4 is 27.6 Å². The highest BCUT2D eigenvalue weighted by Gasteiger charge is 2.34. The standard InChI is InChI=1S/C25H34N4O4S/c1-25(2,3)33-24(30)29(4)16-7-9-17(10-8-16)32-22-21-20-15(12-18(13-26)31-5)6-11-19(20)34-23(21)28-14-27-22/h14-18H,6-12H2,1-5H3/t15-,16?,17?,18?/m1/s1. The maximum Gasteiger partial charge on any atom is 0.410 e. The van der Waals surface area contributed by atoms with Crippen LogP contribution in [-0.4, -0.2) is 59.0 Å². The lowest BCUT2D eigenvalue weighted by molar-refractivity contribution is 0.0137. The SMILES string of the molecule is COC(C#N)C[C@H]1CCc2sc3ncnc(OC4CCC(N(C)C(=O)OC(C)(C)C)CC4)c3c21. The van der Waals surface area contributed by atoms with Gasteiger partial charge in [0.25, 0.3) is 0 Å². The molecule has 2 heterocycles. The summed E-state index contributed by atoms with van der Waals surface area (Å²) in [5, 5.41) is 10.4. The zero-order valence-electron chi connectivity index (χ0n) is 20.7. The Hall–Kier alpha value is -2.44. The molecule has 34 heavy (non-hydrogen) atoms. The van der Waals surface area contributed by atoms with E-state index in [4.69, 9.17) is 14.2 Å². The summed E-state index contributed by atoms with van der Waals surface area (Å²) in [7, 11) is 3.40. The van der Waals surface area contributed by atoms with Crippen molar-refractivity contribution in [3.8, 4) is 11.9 Å². The van der Waals surface area contributed by atoms with Crippen LogP contribution in [0.4, 0.5) is 4.79 Å². The molecule has 0 saturated heterocycles. The number of ether oxygens (including phenoxy) is 3. The molecule has 2 aliphatic carbocycles. The first kappa shape index (κ1) is 24.7. The van der Waals surface area contributed by atoms with Gasteiger partial charge < -0.3 is 19.1 Å². The van der Waals surface area contributed by atoms with E-state index in [0.29, 0.717) is 12.3 Å². The molecular formula is C25H34N4O4S. The van der Waals surface area contributed by atoms with E-state index in [-0.39, 0.29) is 24.2 Å². The first-order chi connectivity index (χ1) is 16.2. The van der Waals surface area contributed by atoms with Gasteiger partial charge in [-0.3, -0.25) is 0 Å². The number of nitriles is 1. The minimum atomic E-state index is -0.501. The Bertz CT molecular complexity index is 1070. The molecule has 2 aromatic rings. The molecule has 0 radical (unpaired) electrons. The first-order valence-corrected chi connectivity index (χ1v) is 12.8. The quantitative estimate of drug-likeness (QED) is 0.553. The van der Waals surface area contributed by atoms with Gasteiger partial charge in [-0.2, -0.15) is 5.26 Å². The molecule has 9 heteroatoms. The summed E-state index contributed by atoms with van der Waals surface area (Å²) in [6.45, 7) is 5.65. The molecule has 1 fully saturated rings. The van der Waals surface area contributed by atoms with Crippen molar-refractivity contribution in [2.75, 3.05) is 14.2 Å². The molecule has 1 amide bonds.